The lowest BCUT2D eigenvalue weighted by Gasteiger charge is -2.32. The molecule has 1 aliphatic heterocycles. The molecule has 1 atom stereocenters. The van der Waals surface area contributed by atoms with Crippen molar-refractivity contribution in [1.82, 2.24) is 19.7 Å². The number of benzene rings is 1. The van der Waals surface area contributed by atoms with Gasteiger partial charge in [-0.2, -0.15) is 0 Å². The summed E-state index contributed by atoms with van der Waals surface area (Å²) in [7, 11) is 0. The molecule has 3 aromatic rings. The average molecular weight is 350 g/mol. The lowest BCUT2D eigenvalue weighted by Crippen LogP contribution is -2.42. The number of nitrogens with one attached hydrogen (secondary N) is 1. The van der Waals surface area contributed by atoms with Gasteiger partial charge in [0.25, 0.3) is 11.5 Å². The second-order valence-corrected chi connectivity index (χ2v) is 6.08. The van der Waals surface area contributed by atoms with Crippen LogP contribution in [0.4, 0.5) is 0 Å². The second kappa shape index (κ2) is 6.97. The molecule has 1 aliphatic rings. The van der Waals surface area contributed by atoms with E-state index in [2.05, 4.69) is 10.1 Å². The Morgan fingerprint density at radius 3 is 2.81 bits per heavy atom. The van der Waals surface area contributed by atoms with Gasteiger partial charge in [0.15, 0.2) is 0 Å². The minimum atomic E-state index is -0.267. The Bertz CT molecular complexity index is 950. The maximum absolute atomic E-state index is 12.8. The van der Waals surface area contributed by atoms with Crippen molar-refractivity contribution in [2.45, 2.75) is 6.10 Å². The number of morpholine rings is 1. The zero-order chi connectivity index (χ0) is 17.9. The van der Waals surface area contributed by atoms with Gasteiger partial charge < -0.3 is 9.64 Å². The van der Waals surface area contributed by atoms with E-state index < -0.39 is 0 Å². The molecular weight excluding hydrogens is 332 g/mol. The molecule has 26 heavy (non-hydrogen) atoms. The molecule has 0 radical (unpaired) electrons. The lowest BCUT2D eigenvalue weighted by atomic mass is 10.1. The molecule has 1 unspecified atom stereocenters. The predicted octanol–water partition coefficient (Wildman–Crippen LogP) is 1.77. The van der Waals surface area contributed by atoms with Crippen LogP contribution in [0.3, 0.4) is 0 Å². The number of para-hydroxylation sites is 1. The van der Waals surface area contributed by atoms with Crippen LogP contribution in [0, 0.1) is 0 Å². The Morgan fingerprint density at radius 1 is 1.19 bits per heavy atom. The van der Waals surface area contributed by atoms with E-state index >= 15 is 0 Å². The molecule has 0 aliphatic carbocycles. The number of rotatable bonds is 3. The maximum atomic E-state index is 12.8. The number of aromatic amines is 1. The fraction of sp³-hybridized carbons (Fsp3) is 0.211. The van der Waals surface area contributed by atoms with Crippen LogP contribution in [-0.2, 0) is 4.74 Å². The van der Waals surface area contributed by atoms with Crippen LogP contribution in [0.15, 0.2) is 65.7 Å². The van der Waals surface area contributed by atoms with Gasteiger partial charge in [0.05, 0.1) is 18.8 Å². The van der Waals surface area contributed by atoms with Gasteiger partial charge >= 0.3 is 0 Å². The second-order valence-electron chi connectivity index (χ2n) is 6.08. The van der Waals surface area contributed by atoms with Gasteiger partial charge in [-0.25, -0.2) is 4.68 Å². The van der Waals surface area contributed by atoms with Gasteiger partial charge in [-0.15, -0.1) is 0 Å². The van der Waals surface area contributed by atoms with Crippen molar-refractivity contribution in [2.75, 3.05) is 19.7 Å². The van der Waals surface area contributed by atoms with Crippen LogP contribution in [0.2, 0.25) is 0 Å². The van der Waals surface area contributed by atoms with Gasteiger partial charge in [-0.05, 0) is 18.2 Å². The highest BCUT2D eigenvalue weighted by Gasteiger charge is 2.27. The maximum Gasteiger partial charge on any atom is 0.272 e. The third kappa shape index (κ3) is 3.16. The summed E-state index contributed by atoms with van der Waals surface area (Å²) in [6.07, 6.45) is 3.22. The van der Waals surface area contributed by atoms with Gasteiger partial charge in [0, 0.05) is 30.6 Å². The highest BCUT2D eigenvalue weighted by molar-refractivity contribution is 5.92. The van der Waals surface area contributed by atoms with Crippen molar-refractivity contribution >= 4 is 5.91 Å². The highest BCUT2D eigenvalue weighted by Crippen LogP contribution is 2.22. The van der Waals surface area contributed by atoms with E-state index in [9.17, 15) is 9.59 Å². The molecule has 0 bridgehead atoms. The van der Waals surface area contributed by atoms with Crippen LogP contribution in [0.5, 0.6) is 0 Å². The molecule has 2 aromatic heterocycles. The zero-order valence-electron chi connectivity index (χ0n) is 14.0. The van der Waals surface area contributed by atoms with Crippen molar-refractivity contribution in [2.24, 2.45) is 0 Å². The average Bonchev–Trinajstić information content (AvgIpc) is 3.10. The first-order valence-corrected chi connectivity index (χ1v) is 8.40. The number of H-pyrrole nitrogens is 1. The summed E-state index contributed by atoms with van der Waals surface area (Å²) >= 11 is 0. The van der Waals surface area contributed by atoms with E-state index in [0.717, 1.165) is 5.56 Å². The van der Waals surface area contributed by atoms with Crippen molar-refractivity contribution in [3.8, 4) is 5.69 Å². The quantitative estimate of drug-likeness (QED) is 0.781. The van der Waals surface area contributed by atoms with Crippen molar-refractivity contribution in [1.29, 1.82) is 0 Å². The number of amides is 1. The molecule has 4 rings (SSSR count). The first-order chi connectivity index (χ1) is 12.7. The monoisotopic (exact) mass is 350 g/mol. The summed E-state index contributed by atoms with van der Waals surface area (Å²) in [5.74, 6) is -0.214. The summed E-state index contributed by atoms with van der Waals surface area (Å²) in [6.45, 7) is 1.34. The first kappa shape index (κ1) is 16.3. The summed E-state index contributed by atoms with van der Waals surface area (Å²) in [5.41, 5.74) is 1.62. The number of hydrogen-bond donors (Lipinski definition) is 1. The molecule has 0 saturated carbocycles. The Morgan fingerprint density at radius 2 is 2.04 bits per heavy atom. The van der Waals surface area contributed by atoms with Gasteiger partial charge in [-0.1, -0.05) is 24.3 Å². The molecule has 3 heterocycles. The topological polar surface area (TPSA) is 80.2 Å². The van der Waals surface area contributed by atoms with Crippen LogP contribution < -0.4 is 5.56 Å². The number of pyridine rings is 1. The van der Waals surface area contributed by atoms with Crippen molar-refractivity contribution in [3.63, 3.8) is 0 Å². The van der Waals surface area contributed by atoms with E-state index in [4.69, 9.17) is 4.74 Å². The summed E-state index contributed by atoms with van der Waals surface area (Å²) in [4.78, 5) is 30.9. The van der Waals surface area contributed by atoms with Gasteiger partial charge in [-0.3, -0.25) is 19.7 Å². The molecule has 1 aromatic carbocycles. The lowest BCUT2D eigenvalue weighted by molar-refractivity contribution is -0.0231. The minimum Gasteiger partial charge on any atom is -0.370 e. The first-order valence-electron chi connectivity index (χ1n) is 8.40. The molecule has 1 saturated heterocycles. The Labute approximate surface area is 149 Å². The normalized spacial score (nSPS) is 17.2. The number of aromatic nitrogens is 3. The molecule has 1 amide bonds. The highest BCUT2D eigenvalue weighted by atomic mass is 16.5. The van der Waals surface area contributed by atoms with E-state index in [1.807, 2.05) is 30.3 Å². The molecule has 132 valence electrons. The van der Waals surface area contributed by atoms with Crippen LogP contribution in [0.25, 0.3) is 5.69 Å². The Hall–Kier alpha value is -3.19. The Kier molecular flexibility index (Phi) is 4.37. The van der Waals surface area contributed by atoms with E-state index in [1.54, 1.807) is 29.4 Å². The largest absolute Gasteiger partial charge is 0.370 e. The SMILES string of the molecule is O=C(c1cc(=O)n(-c2ccccc2)[nH]1)N1CCOC(c2cccnc2)C1. The third-order valence-corrected chi connectivity index (χ3v) is 4.38. The summed E-state index contributed by atoms with van der Waals surface area (Å²) < 4.78 is 7.13. The van der Waals surface area contributed by atoms with Crippen LogP contribution in [-0.4, -0.2) is 45.3 Å². The predicted molar refractivity (Wildman–Crippen MR) is 95.2 cm³/mol. The molecule has 7 nitrogen and oxygen atoms in total. The third-order valence-electron chi connectivity index (χ3n) is 4.38. The fourth-order valence-electron chi connectivity index (χ4n) is 3.05. The summed E-state index contributed by atoms with van der Waals surface area (Å²) in [5, 5.41) is 2.91. The van der Waals surface area contributed by atoms with Gasteiger partial charge in [0.2, 0.25) is 0 Å². The van der Waals surface area contributed by atoms with Crippen molar-refractivity contribution < 1.29 is 9.53 Å². The molecular formula is C19H18N4O3. The van der Waals surface area contributed by atoms with Crippen molar-refractivity contribution in [3.05, 3.63) is 82.5 Å². The number of carbonyl (C=O) groups excluding carboxylic acids is 1. The minimum absolute atomic E-state index is 0.214. The van der Waals surface area contributed by atoms with Crippen LogP contribution in [0.1, 0.15) is 22.2 Å². The zero-order valence-corrected chi connectivity index (χ0v) is 14.0. The summed E-state index contributed by atoms with van der Waals surface area (Å²) in [6, 6.07) is 14.3. The Balaban J connectivity index is 1.55. The van der Waals surface area contributed by atoms with Crippen LogP contribution >= 0.6 is 0 Å². The molecule has 7 heteroatoms. The molecule has 1 N–H and O–H groups in total. The molecule has 1 fully saturated rings. The van der Waals surface area contributed by atoms with E-state index in [-0.39, 0.29) is 23.3 Å². The standard InChI is InChI=1S/C19H18N4O3/c24-18-11-16(21-23(18)15-6-2-1-3-7-15)19(25)22-9-10-26-17(13-22)14-5-4-8-20-12-14/h1-8,11-12,17,21H,9-10,13H2. The number of hydrogen-bond acceptors (Lipinski definition) is 4. The number of carbonyl (C=O) groups is 1. The smallest absolute Gasteiger partial charge is 0.272 e. The molecule has 0 spiro atoms. The van der Waals surface area contributed by atoms with Gasteiger partial charge in [0.1, 0.15) is 11.8 Å². The van der Waals surface area contributed by atoms with E-state index in [1.165, 1.54) is 10.7 Å². The fourth-order valence-corrected chi connectivity index (χ4v) is 3.05. The number of ether oxygens (including phenoxy) is 1. The number of nitrogens with zero attached hydrogens (tertiary/aromatic N) is 3. The van der Waals surface area contributed by atoms with E-state index in [0.29, 0.717) is 25.4 Å².